The first-order valence-corrected chi connectivity index (χ1v) is 10.5. The lowest BCUT2D eigenvalue weighted by molar-refractivity contribution is -0.143. The zero-order valence-corrected chi connectivity index (χ0v) is 19.1. The van der Waals surface area contributed by atoms with E-state index in [1.165, 1.54) is 12.1 Å². The van der Waals surface area contributed by atoms with Crippen molar-refractivity contribution in [2.75, 3.05) is 24.3 Å². The molecule has 0 radical (unpaired) electrons. The Balaban J connectivity index is 1.86. The number of aromatic amines is 1. The minimum absolute atomic E-state index is 0.0271. The van der Waals surface area contributed by atoms with Crippen molar-refractivity contribution in [2.24, 2.45) is 0 Å². The molecule has 3 N–H and O–H groups in total. The molecule has 0 saturated carbocycles. The van der Waals surface area contributed by atoms with Crippen molar-refractivity contribution in [1.82, 2.24) is 14.6 Å². The fraction of sp³-hybridized carbons (Fsp3) is 0.174. The van der Waals surface area contributed by atoms with Crippen molar-refractivity contribution in [1.29, 1.82) is 0 Å². The molecule has 2 aromatic heterocycles. The van der Waals surface area contributed by atoms with Crippen LogP contribution in [0.1, 0.15) is 21.5 Å². The third kappa shape index (κ3) is 5.40. The first kappa shape index (κ1) is 26.5. The van der Waals surface area contributed by atoms with Crippen LogP contribution in [0, 0.1) is 5.82 Å². The molecule has 200 valence electrons. The van der Waals surface area contributed by atoms with Crippen LogP contribution in [0.5, 0.6) is 0 Å². The number of carbonyl (C=O) groups is 2. The molecule has 0 atom stereocenters. The maximum absolute atomic E-state index is 13.5. The fourth-order valence-corrected chi connectivity index (χ4v) is 3.52. The number of halogens is 7. The summed E-state index contributed by atoms with van der Waals surface area (Å²) in [6.45, 7) is -0.529. The van der Waals surface area contributed by atoms with E-state index in [9.17, 15) is 40.3 Å². The van der Waals surface area contributed by atoms with Crippen LogP contribution in [-0.4, -0.2) is 40.1 Å². The SMILES string of the molecule is COC(=O)CNc1c(-c2cc(C(F)(F)F)cc(C(F)(F)F)c2)[nH]c2c(C(=O)Nc3ccc(F)cc3)cnn12. The van der Waals surface area contributed by atoms with Crippen LogP contribution in [-0.2, 0) is 21.9 Å². The monoisotopic (exact) mass is 543 g/mol. The Morgan fingerprint density at radius 1 is 1.00 bits per heavy atom. The van der Waals surface area contributed by atoms with Crippen LogP contribution in [0.3, 0.4) is 0 Å². The number of alkyl halides is 6. The summed E-state index contributed by atoms with van der Waals surface area (Å²) >= 11 is 0. The maximum atomic E-state index is 13.5. The number of imidazole rings is 1. The van der Waals surface area contributed by atoms with Gasteiger partial charge >= 0.3 is 18.3 Å². The van der Waals surface area contributed by atoms with E-state index in [4.69, 9.17) is 0 Å². The van der Waals surface area contributed by atoms with E-state index in [0.29, 0.717) is 12.1 Å². The molecule has 8 nitrogen and oxygen atoms in total. The second kappa shape index (κ2) is 9.72. The normalized spacial score (nSPS) is 12.0. The van der Waals surface area contributed by atoms with E-state index in [-0.39, 0.29) is 34.5 Å². The van der Waals surface area contributed by atoms with Gasteiger partial charge in [-0.25, -0.2) is 4.39 Å². The molecule has 4 rings (SSSR count). The maximum Gasteiger partial charge on any atom is 0.416 e. The summed E-state index contributed by atoms with van der Waals surface area (Å²) in [5.41, 5.74) is -4.05. The van der Waals surface area contributed by atoms with E-state index in [0.717, 1.165) is 30.0 Å². The largest absolute Gasteiger partial charge is 0.468 e. The third-order valence-corrected chi connectivity index (χ3v) is 5.31. The summed E-state index contributed by atoms with van der Waals surface area (Å²) < 4.78 is 99.4. The molecule has 0 saturated heterocycles. The summed E-state index contributed by atoms with van der Waals surface area (Å²) in [6.07, 6.45) is -9.13. The molecule has 2 heterocycles. The highest BCUT2D eigenvalue weighted by molar-refractivity contribution is 6.08. The van der Waals surface area contributed by atoms with Gasteiger partial charge in [0.05, 0.1) is 30.1 Å². The Morgan fingerprint density at radius 2 is 1.61 bits per heavy atom. The highest BCUT2D eigenvalue weighted by Crippen LogP contribution is 2.40. The van der Waals surface area contributed by atoms with Crippen molar-refractivity contribution in [3.63, 3.8) is 0 Å². The van der Waals surface area contributed by atoms with Gasteiger partial charge in [0, 0.05) is 11.3 Å². The quantitative estimate of drug-likeness (QED) is 0.225. The average molecular weight is 543 g/mol. The van der Waals surface area contributed by atoms with E-state index in [2.05, 4.69) is 25.5 Å². The Hall–Kier alpha value is -4.56. The number of nitrogens with zero attached hydrogens (tertiary/aromatic N) is 2. The summed E-state index contributed by atoms with van der Waals surface area (Å²) in [6, 6.07) is 5.69. The van der Waals surface area contributed by atoms with Crippen molar-refractivity contribution in [2.45, 2.75) is 12.4 Å². The Bertz CT molecular complexity index is 1470. The highest BCUT2D eigenvalue weighted by atomic mass is 19.4. The van der Waals surface area contributed by atoms with Gasteiger partial charge in [0.1, 0.15) is 23.6 Å². The number of rotatable bonds is 6. The van der Waals surface area contributed by atoms with Gasteiger partial charge in [-0.15, -0.1) is 0 Å². The number of benzene rings is 2. The zero-order valence-electron chi connectivity index (χ0n) is 19.1. The minimum atomic E-state index is -5.11. The van der Waals surface area contributed by atoms with Gasteiger partial charge in [0.25, 0.3) is 5.91 Å². The number of hydrogen-bond acceptors (Lipinski definition) is 5. The Morgan fingerprint density at radius 3 is 2.16 bits per heavy atom. The smallest absolute Gasteiger partial charge is 0.416 e. The number of aromatic nitrogens is 3. The predicted molar refractivity (Wildman–Crippen MR) is 120 cm³/mol. The molecule has 38 heavy (non-hydrogen) atoms. The van der Waals surface area contributed by atoms with Gasteiger partial charge in [-0.2, -0.15) is 36.0 Å². The Kier molecular flexibility index (Phi) is 6.78. The number of H-pyrrole nitrogens is 1. The lowest BCUT2D eigenvalue weighted by Crippen LogP contribution is -2.16. The fourth-order valence-electron chi connectivity index (χ4n) is 3.52. The number of amides is 1. The summed E-state index contributed by atoms with van der Waals surface area (Å²) in [4.78, 5) is 27.2. The molecule has 2 aromatic carbocycles. The molecular weight excluding hydrogens is 527 g/mol. The van der Waals surface area contributed by atoms with Gasteiger partial charge in [0.15, 0.2) is 5.82 Å². The lowest BCUT2D eigenvalue weighted by atomic mass is 10.0. The van der Waals surface area contributed by atoms with Crippen LogP contribution in [0.25, 0.3) is 16.9 Å². The number of nitrogens with one attached hydrogen (secondary N) is 3. The van der Waals surface area contributed by atoms with Crippen molar-refractivity contribution in [3.05, 3.63) is 71.2 Å². The molecule has 0 aliphatic carbocycles. The molecule has 0 spiro atoms. The van der Waals surface area contributed by atoms with Gasteiger partial charge in [-0.05, 0) is 42.5 Å². The summed E-state index contributed by atoms with van der Waals surface area (Å²) in [5.74, 6) is -2.32. The Labute approximate surface area is 208 Å². The van der Waals surface area contributed by atoms with Crippen LogP contribution >= 0.6 is 0 Å². The van der Waals surface area contributed by atoms with Gasteiger partial charge in [-0.3, -0.25) is 9.59 Å². The van der Waals surface area contributed by atoms with E-state index < -0.39 is 53.3 Å². The first-order valence-electron chi connectivity index (χ1n) is 10.5. The predicted octanol–water partition coefficient (Wildman–Crippen LogP) is 5.34. The highest BCUT2D eigenvalue weighted by Gasteiger charge is 2.37. The van der Waals surface area contributed by atoms with Crippen LogP contribution in [0.15, 0.2) is 48.7 Å². The van der Waals surface area contributed by atoms with Crippen molar-refractivity contribution >= 4 is 29.0 Å². The molecule has 0 bridgehead atoms. The molecular formula is C23H16F7N5O3. The first-order chi connectivity index (χ1) is 17.8. The number of methoxy groups -OCH3 is 1. The molecule has 4 aromatic rings. The summed E-state index contributed by atoms with van der Waals surface area (Å²) in [5, 5.41) is 9.04. The van der Waals surface area contributed by atoms with E-state index in [1.54, 1.807) is 0 Å². The molecule has 15 heteroatoms. The molecule has 0 fully saturated rings. The van der Waals surface area contributed by atoms with Crippen molar-refractivity contribution < 1.29 is 45.1 Å². The van der Waals surface area contributed by atoms with Gasteiger partial charge in [0.2, 0.25) is 0 Å². The molecule has 0 aliphatic heterocycles. The average Bonchev–Trinajstić information content (AvgIpc) is 3.42. The number of anilines is 2. The van der Waals surface area contributed by atoms with Crippen molar-refractivity contribution in [3.8, 4) is 11.3 Å². The van der Waals surface area contributed by atoms with E-state index in [1.807, 2.05) is 0 Å². The zero-order chi connectivity index (χ0) is 27.8. The number of esters is 1. The minimum Gasteiger partial charge on any atom is -0.468 e. The topological polar surface area (TPSA) is 101 Å². The van der Waals surface area contributed by atoms with Crippen LogP contribution < -0.4 is 10.6 Å². The molecule has 1 amide bonds. The second-order valence-electron chi connectivity index (χ2n) is 7.85. The van der Waals surface area contributed by atoms with Gasteiger partial charge < -0.3 is 20.4 Å². The van der Waals surface area contributed by atoms with Crippen LogP contribution in [0.2, 0.25) is 0 Å². The summed E-state index contributed by atoms with van der Waals surface area (Å²) in [7, 11) is 1.08. The number of fused-ring (bicyclic) bond motifs is 1. The lowest BCUT2D eigenvalue weighted by Gasteiger charge is -2.14. The molecule has 0 unspecified atom stereocenters. The number of carbonyl (C=O) groups excluding carboxylic acids is 2. The second-order valence-corrected chi connectivity index (χ2v) is 7.85. The number of ether oxygens (including phenoxy) is 1. The van der Waals surface area contributed by atoms with E-state index >= 15 is 0 Å². The number of hydrogen-bond donors (Lipinski definition) is 3. The molecule has 0 aliphatic rings. The third-order valence-electron chi connectivity index (χ3n) is 5.31. The van der Waals surface area contributed by atoms with Crippen LogP contribution in [0.4, 0.5) is 42.2 Å². The standard InChI is InChI=1S/C23H16F7N5O3/c1-38-17(36)10-31-20-18(11-6-12(22(25,26)27)8-13(7-11)23(28,29)30)34-19-16(9-32-35(19)20)21(37)33-15-4-2-14(24)3-5-15/h2-9,31,34H,10H2,1H3,(H,33,37). The van der Waals surface area contributed by atoms with Gasteiger partial charge in [-0.1, -0.05) is 0 Å².